The smallest absolute Gasteiger partial charge is 0.349 e. The summed E-state index contributed by atoms with van der Waals surface area (Å²) in [5, 5.41) is 27.1. The first kappa shape index (κ1) is 55.6. The SMILES string of the molecule is [C-]#[N+]/C(C(=O)OCC(COC(=O)/C(C#N)=C1\CC(C)(C)CC(N2CCCC2)=C1NC(C)=O)COC(=O)/C(C#N)=C1\CC(C)(C)CC(N2CCCC2)=C1NC(C)=O)=C1/CC(C)(C)CC(N2CCCC2)=C1CC(C)=O. The molecule has 3 saturated heterocycles. The van der Waals surface area contributed by atoms with Gasteiger partial charge in [0.1, 0.15) is 42.3 Å². The van der Waals surface area contributed by atoms with Crippen molar-refractivity contribution in [1.29, 1.82) is 10.5 Å². The Labute approximate surface area is 431 Å². The van der Waals surface area contributed by atoms with Crippen molar-refractivity contribution in [3.8, 4) is 12.1 Å². The largest absolute Gasteiger partial charge is 0.470 e. The van der Waals surface area contributed by atoms with Gasteiger partial charge in [0, 0.05) is 87.8 Å². The molecule has 0 bridgehead atoms. The molecular formula is C56H74N8O9. The molecule has 3 fully saturated rings. The number of ether oxygens (including phenoxy) is 3. The first-order chi connectivity index (χ1) is 34.5. The molecule has 3 aliphatic carbocycles. The van der Waals surface area contributed by atoms with Gasteiger partial charge in [-0.2, -0.15) is 10.5 Å². The zero-order valence-electron chi connectivity index (χ0n) is 44.5. The molecule has 0 saturated carbocycles. The Morgan fingerprint density at radius 1 is 0.562 bits per heavy atom. The maximum atomic E-state index is 14.3. The second-order valence-electron chi connectivity index (χ2n) is 23.0. The van der Waals surface area contributed by atoms with Gasteiger partial charge in [-0.25, -0.2) is 14.4 Å². The molecule has 3 aliphatic heterocycles. The van der Waals surface area contributed by atoms with Gasteiger partial charge in [0.15, 0.2) is 0 Å². The van der Waals surface area contributed by atoms with Crippen LogP contribution in [0.25, 0.3) is 4.85 Å². The highest BCUT2D eigenvalue weighted by molar-refractivity contribution is 5.96. The molecule has 6 rings (SSSR count). The van der Waals surface area contributed by atoms with E-state index < -0.39 is 54.5 Å². The molecule has 17 heteroatoms. The number of nitrogens with zero attached hydrogens (tertiary/aromatic N) is 6. The standard InChI is InChI=1S/C56H74N8O9/c1-35(65)23-39-40(24-54(4,5)27-45(39)62-17-11-12-18-62)50(59-10)53(70)73-34-38(32-71-51(68)43(30-57)41-25-55(6,7)28-46(48(41)60-36(2)66)63-19-13-14-20-63)33-72-52(69)44(31-58)42-26-56(8,9)29-47(49(42)61-37(3)67)64-21-15-16-22-64/h38H,11-29,32-34H2,1-9H3,(H,60,66)(H,61,67)/b43-41+,44-42+,50-40-. The van der Waals surface area contributed by atoms with Crippen LogP contribution in [0.5, 0.6) is 0 Å². The lowest BCUT2D eigenvalue weighted by atomic mass is 9.72. The van der Waals surface area contributed by atoms with E-state index in [4.69, 9.17) is 20.8 Å². The summed E-state index contributed by atoms with van der Waals surface area (Å²) < 4.78 is 17.6. The van der Waals surface area contributed by atoms with Crippen molar-refractivity contribution in [2.24, 2.45) is 22.2 Å². The normalized spacial score (nSPS) is 22.5. The molecular weight excluding hydrogens is 929 g/mol. The summed E-state index contributed by atoms with van der Waals surface area (Å²) in [6.45, 7) is 27.8. The van der Waals surface area contributed by atoms with Crippen LogP contribution in [0.1, 0.15) is 146 Å². The molecule has 0 radical (unpaired) electrons. The number of nitriles is 2. The molecule has 6 aliphatic rings. The lowest BCUT2D eigenvalue weighted by Gasteiger charge is -2.39. The van der Waals surface area contributed by atoms with Crippen LogP contribution in [0.2, 0.25) is 0 Å². The minimum atomic E-state index is -1.08. The maximum Gasteiger partial charge on any atom is 0.349 e. The number of nitrogens with one attached hydrogen (secondary N) is 2. The minimum Gasteiger partial charge on any atom is -0.470 e. The third-order valence-corrected chi connectivity index (χ3v) is 14.5. The Morgan fingerprint density at radius 2 is 0.904 bits per heavy atom. The highest BCUT2D eigenvalue weighted by atomic mass is 16.6. The average Bonchev–Trinajstić information content (AvgIpc) is 4.14. The van der Waals surface area contributed by atoms with Crippen molar-refractivity contribution in [2.45, 2.75) is 146 Å². The van der Waals surface area contributed by atoms with Gasteiger partial charge in [-0.3, -0.25) is 19.2 Å². The second kappa shape index (κ2) is 23.5. The number of Topliss-reactive ketones (excluding diaryl/α,β-unsaturated/α-hetero) is 1. The molecule has 73 heavy (non-hydrogen) atoms. The molecule has 0 spiro atoms. The van der Waals surface area contributed by atoms with Gasteiger partial charge < -0.3 is 39.5 Å². The summed E-state index contributed by atoms with van der Waals surface area (Å²) in [7, 11) is 0. The van der Waals surface area contributed by atoms with Gasteiger partial charge in [0.2, 0.25) is 11.8 Å². The van der Waals surface area contributed by atoms with Gasteiger partial charge in [-0.1, -0.05) is 41.5 Å². The van der Waals surface area contributed by atoms with Gasteiger partial charge >= 0.3 is 17.9 Å². The fourth-order valence-corrected chi connectivity index (χ4v) is 11.3. The Balaban J connectivity index is 1.36. The molecule has 0 atom stereocenters. The summed E-state index contributed by atoms with van der Waals surface area (Å²) >= 11 is 0. The predicted octanol–water partition coefficient (Wildman–Crippen LogP) is 7.72. The molecule has 3 heterocycles. The molecule has 0 aromatic heterocycles. The molecule has 0 unspecified atom stereocenters. The van der Waals surface area contributed by atoms with Gasteiger partial charge in [-0.15, -0.1) is 0 Å². The number of rotatable bonds is 16. The van der Waals surface area contributed by atoms with Gasteiger partial charge in [0.25, 0.3) is 5.70 Å². The Morgan fingerprint density at radius 3 is 1.25 bits per heavy atom. The lowest BCUT2D eigenvalue weighted by molar-refractivity contribution is -0.148. The van der Waals surface area contributed by atoms with Crippen LogP contribution >= 0.6 is 0 Å². The number of carbonyl (C=O) groups is 6. The van der Waals surface area contributed by atoms with E-state index in [1.807, 2.05) is 39.8 Å². The molecule has 2 N–H and O–H groups in total. The number of amides is 2. The fraction of sp³-hybridized carbons (Fsp3) is 0.625. The van der Waals surface area contributed by atoms with Crippen LogP contribution in [0.15, 0.2) is 67.6 Å². The monoisotopic (exact) mass is 1000 g/mol. The van der Waals surface area contributed by atoms with E-state index in [0.717, 1.165) is 94.9 Å². The summed E-state index contributed by atoms with van der Waals surface area (Å²) in [6, 6.07) is 4.08. The Kier molecular flexibility index (Phi) is 17.9. The fourth-order valence-electron chi connectivity index (χ4n) is 11.3. The second-order valence-corrected chi connectivity index (χ2v) is 23.0. The van der Waals surface area contributed by atoms with Crippen molar-refractivity contribution in [3.05, 3.63) is 79.0 Å². The average molecular weight is 1000 g/mol. The number of likely N-dealkylation sites (tertiary alicyclic amines) is 3. The molecule has 0 aromatic rings. The van der Waals surface area contributed by atoms with Gasteiger partial charge in [-0.05, 0) is 111 Å². The van der Waals surface area contributed by atoms with Crippen molar-refractivity contribution >= 4 is 35.5 Å². The number of ketones is 1. The summed E-state index contributed by atoms with van der Waals surface area (Å²) in [5.74, 6) is -4.92. The Bertz CT molecular complexity index is 2310. The number of carbonyl (C=O) groups excluding carboxylic acids is 6. The minimum absolute atomic E-state index is 0.0383. The van der Waals surface area contributed by atoms with E-state index in [1.54, 1.807) is 0 Å². The maximum absolute atomic E-state index is 14.3. The van der Waals surface area contributed by atoms with Crippen molar-refractivity contribution in [2.75, 3.05) is 59.1 Å². The molecule has 2 amide bonds. The Hall–Kier alpha value is -6.67. The van der Waals surface area contributed by atoms with Crippen LogP contribution in [0, 0.1) is 51.4 Å². The van der Waals surface area contributed by atoms with E-state index in [1.165, 1.54) is 20.8 Å². The van der Waals surface area contributed by atoms with Crippen molar-refractivity contribution in [3.63, 3.8) is 0 Å². The quantitative estimate of drug-likeness (QED) is 0.0498. The highest BCUT2D eigenvalue weighted by Gasteiger charge is 2.41. The first-order valence-electron chi connectivity index (χ1n) is 25.8. The van der Waals surface area contributed by atoms with E-state index in [2.05, 4.69) is 44.0 Å². The molecule has 0 aromatic carbocycles. The topological polar surface area (TPSA) is 216 Å². The zero-order valence-corrected chi connectivity index (χ0v) is 44.5. The third kappa shape index (κ3) is 13.9. The van der Waals surface area contributed by atoms with Crippen molar-refractivity contribution in [1.82, 2.24) is 25.3 Å². The molecule has 17 nitrogen and oxygen atoms in total. The molecule has 392 valence electrons. The summed E-state index contributed by atoms with van der Waals surface area (Å²) in [5.41, 5.74) is 3.13. The van der Waals surface area contributed by atoms with Crippen LogP contribution in [-0.4, -0.2) is 109 Å². The van der Waals surface area contributed by atoms with E-state index >= 15 is 0 Å². The first-order valence-corrected chi connectivity index (χ1v) is 25.8. The number of esters is 3. The van der Waals surface area contributed by atoms with E-state index in [-0.39, 0.29) is 59.1 Å². The van der Waals surface area contributed by atoms with E-state index in [9.17, 15) is 39.3 Å². The number of hydrogen-bond acceptors (Lipinski definition) is 14. The third-order valence-electron chi connectivity index (χ3n) is 14.5. The number of allylic oxidation sites excluding steroid dienone is 7. The summed E-state index contributed by atoms with van der Waals surface area (Å²) in [4.78, 5) is 91.2. The van der Waals surface area contributed by atoms with Gasteiger partial charge in [0.05, 0.1) is 30.5 Å². The van der Waals surface area contributed by atoms with Crippen LogP contribution in [0.3, 0.4) is 0 Å². The van der Waals surface area contributed by atoms with Crippen LogP contribution in [0.4, 0.5) is 0 Å². The predicted molar refractivity (Wildman–Crippen MR) is 271 cm³/mol. The lowest BCUT2D eigenvalue weighted by Crippen LogP contribution is -2.37. The van der Waals surface area contributed by atoms with Crippen molar-refractivity contribution < 1.29 is 43.0 Å². The van der Waals surface area contributed by atoms with Crippen LogP contribution < -0.4 is 10.6 Å². The summed E-state index contributed by atoms with van der Waals surface area (Å²) in [6.07, 6.45) is 8.60. The zero-order chi connectivity index (χ0) is 53.4. The number of hydrogen-bond donors (Lipinski definition) is 2. The van der Waals surface area contributed by atoms with Crippen LogP contribution in [-0.2, 0) is 43.0 Å². The van der Waals surface area contributed by atoms with E-state index in [0.29, 0.717) is 59.4 Å². The highest BCUT2D eigenvalue weighted by Crippen LogP contribution is 2.48.